The van der Waals surface area contributed by atoms with Gasteiger partial charge in [0.1, 0.15) is 0 Å². The lowest BCUT2D eigenvalue weighted by atomic mass is 9.68. The summed E-state index contributed by atoms with van der Waals surface area (Å²) < 4.78 is 24.0. The Bertz CT molecular complexity index is 774. The first-order valence-corrected chi connectivity index (χ1v) is 25.1. The highest BCUT2D eigenvalue weighted by Gasteiger charge is 2.44. The second kappa shape index (κ2) is 14.1. The smallest absolute Gasteiger partial charge is 0.332 e. The molecule has 0 aliphatic rings. The van der Waals surface area contributed by atoms with Crippen LogP contribution in [0.4, 0.5) is 0 Å². The second-order valence-electron chi connectivity index (χ2n) is 15.3. The van der Waals surface area contributed by atoms with Crippen LogP contribution in [0.5, 0.6) is 0 Å². The van der Waals surface area contributed by atoms with Gasteiger partial charge in [0.15, 0.2) is 36.2 Å². The van der Waals surface area contributed by atoms with Gasteiger partial charge in [0, 0.05) is 0 Å². The van der Waals surface area contributed by atoms with Crippen molar-refractivity contribution in [3.63, 3.8) is 0 Å². The predicted molar refractivity (Wildman–Crippen MR) is 172 cm³/mol. The summed E-state index contributed by atoms with van der Waals surface area (Å²) in [6, 6.07) is 0. The third-order valence-corrected chi connectivity index (χ3v) is 18.9. The van der Waals surface area contributed by atoms with E-state index in [0.717, 1.165) is 0 Å². The lowest BCUT2D eigenvalue weighted by molar-refractivity contribution is -0.138. The molecular weight excluding hydrogens is 585 g/mol. The van der Waals surface area contributed by atoms with Crippen molar-refractivity contribution >= 4 is 68.1 Å². The van der Waals surface area contributed by atoms with Crippen molar-refractivity contribution in [2.24, 2.45) is 10.8 Å². The van der Waals surface area contributed by atoms with Crippen LogP contribution in [-0.2, 0) is 26.0 Å². The van der Waals surface area contributed by atoms with Gasteiger partial charge in [-0.2, -0.15) is 0 Å². The van der Waals surface area contributed by atoms with Crippen molar-refractivity contribution in [3.8, 4) is 0 Å². The van der Waals surface area contributed by atoms with Gasteiger partial charge in [-0.3, -0.25) is 0 Å². The quantitative estimate of drug-likeness (QED) is 0.133. The molecule has 8 nitrogen and oxygen atoms in total. The van der Waals surface area contributed by atoms with E-state index in [4.69, 9.17) is 16.5 Å². The average Bonchev–Trinajstić information content (AvgIpc) is 2.62. The maximum absolute atomic E-state index is 12.7. The third kappa shape index (κ3) is 15.0. The highest BCUT2D eigenvalue weighted by molar-refractivity contribution is 6.74. The first kappa shape index (κ1) is 37.8. The Kier molecular flexibility index (Phi) is 14.1. The van der Waals surface area contributed by atoms with E-state index in [9.17, 15) is 19.8 Å². The summed E-state index contributed by atoms with van der Waals surface area (Å²) >= 11 is 0. The van der Waals surface area contributed by atoms with Crippen molar-refractivity contribution in [3.05, 3.63) is 11.1 Å². The van der Waals surface area contributed by atoms with E-state index < -0.39 is 78.9 Å². The van der Waals surface area contributed by atoms with Gasteiger partial charge in [-0.25, -0.2) is 9.59 Å². The van der Waals surface area contributed by atoms with E-state index in [-0.39, 0.29) is 21.2 Å². The zero-order chi connectivity index (χ0) is 30.4. The van der Waals surface area contributed by atoms with Gasteiger partial charge in [-0.15, -0.1) is 0 Å². The summed E-state index contributed by atoms with van der Waals surface area (Å²) in [5.74, 6) is -2.34. The molecule has 0 aromatic carbocycles. The minimum absolute atomic E-state index is 0.0116. The zero-order valence-electron chi connectivity index (χ0n) is 26.6. The van der Waals surface area contributed by atoms with Crippen LogP contribution in [0, 0.1) is 10.8 Å². The fraction of sp³-hybridized carbons (Fsp3) is 0.833. The highest BCUT2D eigenvalue weighted by atomic mass is 28.4. The number of hydrogen-bond donors (Lipinski definition) is 2. The zero-order valence-corrected chi connectivity index (χ0v) is 34.2. The van der Waals surface area contributed by atoms with Crippen LogP contribution in [-0.4, -0.2) is 78.3 Å². The number of carboxylic acid groups (broad SMARTS) is 2. The van der Waals surface area contributed by atoms with Crippen LogP contribution in [0.3, 0.4) is 0 Å². The van der Waals surface area contributed by atoms with E-state index in [1.54, 1.807) is 0 Å². The number of hydrogen-bond acceptors (Lipinski definition) is 6. The van der Waals surface area contributed by atoms with E-state index in [2.05, 4.69) is 67.0 Å². The number of rotatable bonds is 18. The molecule has 0 amide bonds. The van der Waals surface area contributed by atoms with Crippen LogP contribution in [0.1, 0.15) is 68.2 Å². The summed E-state index contributed by atoms with van der Waals surface area (Å²) in [5, 5.41) is 20.3. The molecule has 0 rings (SSSR count). The second-order valence-corrected chi connectivity index (χ2v) is 34.2. The van der Waals surface area contributed by atoms with Crippen molar-refractivity contribution < 1.29 is 36.3 Å². The van der Waals surface area contributed by atoms with Gasteiger partial charge in [0.05, 0.1) is 11.1 Å². The SMILES string of the molecule is CC(C)(CC(C)(C)C(C(=O)O)=C(C(=O)O)C(C)(C)CC(C)(C)[SiH2]O[SiH2]O[Si](C)(C)C)[SiH2]O[SiH2]O[Si](C)(C)C. The van der Waals surface area contributed by atoms with Gasteiger partial charge in [0.2, 0.25) is 0 Å². The summed E-state index contributed by atoms with van der Waals surface area (Å²) in [5.41, 5.74) is -1.76. The Morgan fingerprint density at radius 2 is 0.868 bits per heavy atom. The van der Waals surface area contributed by atoms with Crippen molar-refractivity contribution in [1.29, 1.82) is 0 Å². The van der Waals surface area contributed by atoms with Gasteiger partial charge >= 0.3 is 11.9 Å². The molecule has 2 N–H and O–H groups in total. The molecule has 0 heterocycles. The van der Waals surface area contributed by atoms with Crippen molar-refractivity contribution in [2.45, 2.75) is 118 Å². The summed E-state index contributed by atoms with van der Waals surface area (Å²) in [6.07, 6.45) is 1.03. The molecule has 0 saturated carbocycles. The topological polar surface area (TPSA) is 112 Å². The van der Waals surface area contributed by atoms with E-state index >= 15 is 0 Å². The summed E-state index contributed by atoms with van der Waals surface area (Å²) in [7, 11) is -7.39. The fourth-order valence-electron chi connectivity index (χ4n) is 5.21. The van der Waals surface area contributed by atoms with Gasteiger partial charge in [-0.05, 0) is 73.0 Å². The van der Waals surface area contributed by atoms with Crippen LogP contribution in [0.25, 0.3) is 0 Å². The predicted octanol–water partition coefficient (Wildman–Crippen LogP) is 3.58. The number of carboxylic acids is 2. The fourth-order valence-corrected chi connectivity index (χ4v) is 16.8. The molecule has 0 atom stereocenters. The Morgan fingerprint density at radius 3 is 1.08 bits per heavy atom. The number of carbonyl (C=O) groups is 2. The first-order valence-electron chi connectivity index (χ1n) is 13.4. The summed E-state index contributed by atoms with van der Waals surface area (Å²) in [6.45, 7) is 28.6. The van der Waals surface area contributed by atoms with E-state index in [1.807, 2.05) is 27.7 Å². The van der Waals surface area contributed by atoms with Crippen LogP contribution >= 0.6 is 0 Å². The lowest BCUT2D eigenvalue weighted by Crippen LogP contribution is -2.37. The van der Waals surface area contributed by atoms with Crippen LogP contribution in [0.15, 0.2) is 11.1 Å². The maximum atomic E-state index is 12.7. The highest BCUT2D eigenvalue weighted by Crippen LogP contribution is 2.49. The first-order chi connectivity index (χ1) is 16.7. The molecule has 0 aromatic rings. The molecule has 14 heteroatoms. The lowest BCUT2D eigenvalue weighted by Gasteiger charge is -2.40. The van der Waals surface area contributed by atoms with Crippen LogP contribution in [0.2, 0.25) is 49.4 Å². The Hall–Kier alpha value is -0.179. The Balaban J connectivity index is 5.99. The maximum Gasteiger partial charge on any atom is 0.332 e. The largest absolute Gasteiger partial charge is 0.478 e. The Morgan fingerprint density at radius 1 is 0.605 bits per heavy atom. The number of aliphatic carboxylic acids is 2. The van der Waals surface area contributed by atoms with Crippen molar-refractivity contribution in [1.82, 2.24) is 0 Å². The normalized spacial score (nSPS) is 16.2. The molecule has 0 bridgehead atoms. The third-order valence-electron chi connectivity index (χ3n) is 6.01. The molecule has 224 valence electrons. The molecule has 0 unspecified atom stereocenters. The molecule has 0 fully saturated rings. The minimum atomic E-state index is -1.62. The monoisotopic (exact) mass is 640 g/mol. The molecular formula is C24H56O8Si6. The molecule has 0 saturated heterocycles. The molecule has 0 spiro atoms. The van der Waals surface area contributed by atoms with Gasteiger partial charge < -0.3 is 26.7 Å². The van der Waals surface area contributed by atoms with Crippen molar-refractivity contribution in [2.75, 3.05) is 0 Å². The van der Waals surface area contributed by atoms with E-state index in [0.29, 0.717) is 12.8 Å². The van der Waals surface area contributed by atoms with E-state index in [1.165, 1.54) is 0 Å². The Labute approximate surface area is 243 Å². The molecule has 0 aliphatic carbocycles. The minimum Gasteiger partial charge on any atom is -0.478 e. The van der Waals surface area contributed by atoms with Gasteiger partial charge in [-0.1, -0.05) is 55.4 Å². The molecule has 0 aromatic heterocycles. The molecule has 0 radical (unpaired) electrons. The standard InChI is InChI=1S/C24H56O8Si6/c1-21(2,15-23(5,6)33-29-35-31-37(9,10)11)17(19(25)26)18(20(27)28)22(3,4)16-24(7,8)34-30-36-32-38(12,13)14/h15-16,33-36H2,1-14H3,(H,25,26)(H,27,28). The molecule has 0 aliphatic heterocycles. The molecule has 38 heavy (non-hydrogen) atoms. The van der Waals surface area contributed by atoms with Gasteiger partial charge in [0.25, 0.3) is 20.0 Å². The average molecular weight is 641 g/mol. The van der Waals surface area contributed by atoms with Crippen LogP contribution < -0.4 is 0 Å². The summed E-state index contributed by atoms with van der Waals surface area (Å²) in [4.78, 5) is 25.4.